The molecule has 1 saturated heterocycles. The number of sulfonamides is 1. The summed E-state index contributed by atoms with van der Waals surface area (Å²) >= 11 is 5.62. The van der Waals surface area contributed by atoms with Gasteiger partial charge in [0.1, 0.15) is 0 Å². The van der Waals surface area contributed by atoms with Crippen LogP contribution in [0.2, 0.25) is 0 Å². The smallest absolute Gasteiger partial charge is 0.212 e. The minimum absolute atomic E-state index is 0.179. The summed E-state index contributed by atoms with van der Waals surface area (Å²) in [6, 6.07) is 0. The van der Waals surface area contributed by atoms with Crippen molar-refractivity contribution in [1.29, 1.82) is 0 Å². The van der Waals surface area contributed by atoms with Crippen molar-refractivity contribution in [1.82, 2.24) is 4.31 Å². The Morgan fingerprint density at radius 2 is 1.60 bits per heavy atom. The Morgan fingerprint density at radius 1 is 1.13 bits per heavy atom. The number of halogens is 1. The minimum Gasteiger partial charge on any atom is -0.212 e. The van der Waals surface area contributed by atoms with Crippen LogP contribution in [0.15, 0.2) is 0 Å². The van der Waals surface area contributed by atoms with Gasteiger partial charge in [0.05, 0.1) is 5.25 Å². The van der Waals surface area contributed by atoms with E-state index in [4.69, 9.17) is 11.6 Å². The van der Waals surface area contributed by atoms with Gasteiger partial charge in [-0.2, -0.15) is 0 Å². The number of nitrogens with zero attached hydrogens (tertiary/aromatic N) is 1. The van der Waals surface area contributed by atoms with Crippen molar-refractivity contribution >= 4 is 21.6 Å². The van der Waals surface area contributed by atoms with Gasteiger partial charge < -0.3 is 0 Å². The lowest BCUT2D eigenvalue weighted by atomic mass is 10.1. The van der Waals surface area contributed by atoms with Gasteiger partial charge in [-0.3, -0.25) is 0 Å². The zero-order valence-electron chi connectivity index (χ0n) is 9.28. The van der Waals surface area contributed by atoms with E-state index in [0.717, 1.165) is 25.7 Å². The molecule has 0 saturated carbocycles. The molecule has 3 nitrogen and oxygen atoms in total. The van der Waals surface area contributed by atoms with Gasteiger partial charge in [-0.25, -0.2) is 12.7 Å². The lowest BCUT2D eigenvalue weighted by molar-refractivity contribution is 0.361. The Labute approximate surface area is 97.8 Å². The largest absolute Gasteiger partial charge is 0.217 e. The molecule has 0 aromatic heterocycles. The molecule has 1 aliphatic heterocycles. The van der Waals surface area contributed by atoms with Crippen LogP contribution >= 0.6 is 11.6 Å². The predicted octanol–water partition coefficient (Wildman–Crippen LogP) is 2.21. The van der Waals surface area contributed by atoms with Gasteiger partial charge in [-0.15, -0.1) is 11.6 Å². The maximum Gasteiger partial charge on any atom is 0.217 e. The Hall–Kier alpha value is 0.200. The molecule has 15 heavy (non-hydrogen) atoms. The molecular formula is C10H20ClNO2S. The minimum atomic E-state index is -3.15. The van der Waals surface area contributed by atoms with Crippen molar-refractivity contribution in [3.8, 4) is 0 Å². The molecule has 5 heteroatoms. The Morgan fingerprint density at radius 3 is 2.07 bits per heavy atom. The highest BCUT2D eigenvalue weighted by atomic mass is 35.5. The Kier molecular flexibility index (Phi) is 5.36. The van der Waals surface area contributed by atoms with E-state index in [1.807, 2.05) is 0 Å². The van der Waals surface area contributed by atoms with Gasteiger partial charge in [0, 0.05) is 19.0 Å². The summed E-state index contributed by atoms with van der Waals surface area (Å²) < 4.78 is 25.7. The lowest BCUT2D eigenvalue weighted by Crippen LogP contribution is -2.40. The van der Waals surface area contributed by atoms with Crippen molar-refractivity contribution in [2.45, 2.75) is 44.3 Å². The summed E-state index contributed by atoms with van der Waals surface area (Å²) in [7, 11) is -3.15. The first-order valence-electron chi connectivity index (χ1n) is 5.64. The summed E-state index contributed by atoms with van der Waals surface area (Å²) in [5.74, 6) is 0.179. The molecule has 1 unspecified atom stereocenters. The maximum atomic E-state index is 12.0. The van der Waals surface area contributed by atoms with Crippen LogP contribution in [0.25, 0.3) is 0 Å². The molecule has 1 aliphatic rings. The van der Waals surface area contributed by atoms with Gasteiger partial charge in [0.25, 0.3) is 0 Å². The quantitative estimate of drug-likeness (QED) is 0.724. The molecule has 90 valence electrons. The fraction of sp³-hybridized carbons (Fsp3) is 1.00. The van der Waals surface area contributed by atoms with Crippen LogP contribution in [0, 0.1) is 0 Å². The van der Waals surface area contributed by atoms with Gasteiger partial charge in [0.15, 0.2) is 0 Å². The molecule has 0 amide bonds. The highest BCUT2D eigenvalue weighted by Gasteiger charge is 2.27. The number of rotatable bonds is 3. The molecule has 1 atom stereocenters. The third-order valence-corrected chi connectivity index (χ3v) is 5.82. The zero-order valence-corrected chi connectivity index (χ0v) is 10.9. The Balaban J connectivity index is 2.66. The van der Waals surface area contributed by atoms with Crippen LogP contribution in [0.5, 0.6) is 0 Å². The average molecular weight is 254 g/mol. The third kappa shape index (κ3) is 3.61. The summed E-state index contributed by atoms with van der Waals surface area (Å²) in [6.45, 7) is 3.02. The number of hydrogen-bond donors (Lipinski definition) is 0. The summed E-state index contributed by atoms with van der Waals surface area (Å²) in [4.78, 5) is 0. The van der Waals surface area contributed by atoms with Gasteiger partial charge in [-0.05, 0) is 19.8 Å². The Bertz CT molecular complexity index is 271. The normalized spacial score (nSPS) is 23.1. The first-order valence-corrected chi connectivity index (χ1v) is 7.67. The van der Waals surface area contributed by atoms with Gasteiger partial charge >= 0.3 is 0 Å². The highest BCUT2D eigenvalue weighted by molar-refractivity contribution is 7.89. The topological polar surface area (TPSA) is 37.4 Å². The summed E-state index contributed by atoms with van der Waals surface area (Å²) in [5.41, 5.74) is 0. The van der Waals surface area contributed by atoms with Crippen LogP contribution < -0.4 is 0 Å². The van der Waals surface area contributed by atoms with E-state index < -0.39 is 15.3 Å². The van der Waals surface area contributed by atoms with Crippen molar-refractivity contribution in [3.63, 3.8) is 0 Å². The molecule has 0 bridgehead atoms. The molecule has 1 heterocycles. The number of hydrogen-bond acceptors (Lipinski definition) is 2. The fourth-order valence-electron chi connectivity index (χ4n) is 1.81. The lowest BCUT2D eigenvalue weighted by Gasteiger charge is -2.26. The van der Waals surface area contributed by atoms with Crippen LogP contribution in [0.1, 0.15) is 39.0 Å². The second-order valence-electron chi connectivity index (χ2n) is 4.18. The fourth-order valence-corrected chi connectivity index (χ4v) is 3.72. The van der Waals surface area contributed by atoms with E-state index in [-0.39, 0.29) is 5.88 Å². The van der Waals surface area contributed by atoms with Crippen LogP contribution in [-0.2, 0) is 10.0 Å². The van der Waals surface area contributed by atoms with Crippen LogP contribution in [0.4, 0.5) is 0 Å². The van der Waals surface area contributed by atoms with Crippen molar-refractivity contribution in [3.05, 3.63) is 0 Å². The SMILES string of the molecule is CC(CCl)S(=O)(=O)N1CCCCCCC1. The van der Waals surface area contributed by atoms with Crippen LogP contribution in [-0.4, -0.2) is 36.9 Å². The first-order chi connectivity index (χ1) is 7.09. The zero-order chi connectivity index (χ0) is 11.3. The van der Waals surface area contributed by atoms with E-state index in [1.54, 1.807) is 11.2 Å². The predicted molar refractivity (Wildman–Crippen MR) is 63.8 cm³/mol. The molecular weight excluding hydrogens is 234 g/mol. The second-order valence-corrected chi connectivity index (χ2v) is 6.84. The van der Waals surface area contributed by atoms with E-state index in [9.17, 15) is 8.42 Å². The van der Waals surface area contributed by atoms with E-state index >= 15 is 0 Å². The molecule has 0 aromatic carbocycles. The number of alkyl halides is 1. The monoisotopic (exact) mass is 253 g/mol. The third-order valence-electron chi connectivity index (χ3n) is 2.90. The standard InChI is InChI=1S/C10H20ClNO2S/c1-10(9-11)15(13,14)12-7-5-3-2-4-6-8-12/h10H,2-9H2,1H3. The van der Waals surface area contributed by atoms with Gasteiger partial charge in [0.2, 0.25) is 10.0 Å². The molecule has 0 N–H and O–H groups in total. The highest BCUT2D eigenvalue weighted by Crippen LogP contribution is 2.17. The maximum absolute atomic E-state index is 12.0. The second kappa shape index (κ2) is 6.06. The average Bonchev–Trinajstić information content (AvgIpc) is 2.15. The molecule has 1 rings (SSSR count). The first kappa shape index (κ1) is 13.3. The van der Waals surface area contributed by atoms with E-state index in [0.29, 0.717) is 13.1 Å². The van der Waals surface area contributed by atoms with E-state index in [1.165, 1.54) is 6.42 Å². The van der Waals surface area contributed by atoms with Gasteiger partial charge in [-0.1, -0.05) is 19.3 Å². The molecule has 0 aromatic rings. The summed E-state index contributed by atoms with van der Waals surface area (Å²) in [6.07, 6.45) is 5.48. The van der Waals surface area contributed by atoms with Crippen molar-refractivity contribution < 1.29 is 8.42 Å². The summed E-state index contributed by atoms with van der Waals surface area (Å²) in [5, 5.41) is -0.460. The molecule has 1 fully saturated rings. The van der Waals surface area contributed by atoms with Crippen molar-refractivity contribution in [2.75, 3.05) is 19.0 Å². The molecule has 0 spiro atoms. The molecule has 0 radical (unpaired) electrons. The van der Waals surface area contributed by atoms with Crippen molar-refractivity contribution in [2.24, 2.45) is 0 Å². The molecule has 0 aliphatic carbocycles. The van der Waals surface area contributed by atoms with E-state index in [2.05, 4.69) is 0 Å². The van der Waals surface area contributed by atoms with Crippen LogP contribution in [0.3, 0.4) is 0 Å².